The molecule has 0 aliphatic carbocycles. The summed E-state index contributed by atoms with van der Waals surface area (Å²) < 4.78 is 42.3. The smallest absolute Gasteiger partial charge is 0.404 e. The zero-order valence-corrected chi connectivity index (χ0v) is 19.5. The molecule has 36 heavy (non-hydrogen) atoms. The molecule has 0 saturated carbocycles. The Kier molecular flexibility index (Phi) is 6.04. The summed E-state index contributed by atoms with van der Waals surface area (Å²) in [7, 11) is 0. The molecule has 2 heterocycles. The first-order valence-electron chi connectivity index (χ1n) is 11.0. The number of nitrogen functional groups attached to an aromatic ring is 1. The molecule has 6 nitrogen and oxygen atoms in total. The van der Waals surface area contributed by atoms with Crippen molar-refractivity contribution in [3.05, 3.63) is 87.8 Å². The Balaban J connectivity index is 1.43. The van der Waals surface area contributed by atoms with Crippen molar-refractivity contribution in [2.75, 3.05) is 11.1 Å². The number of ether oxygens (including phenoxy) is 1. The first-order valence-corrected chi connectivity index (χ1v) is 11.8. The highest BCUT2D eigenvalue weighted by Crippen LogP contribution is 2.41. The van der Waals surface area contributed by atoms with E-state index in [1.165, 1.54) is 17.4 Å². The molecule has 4 N–H and O–H groups in total. The van der Waals surface area contributed by atoms with Crippen LogP contribution >= 0.6 is 11.3 Å². The van der Waals surface area contributed by atoms with E-state index in [1.807, 2.05) is 30.3 Å². The molecule has 1 aromatic heterocycles. The van der Waals surface area contributed by atoms with Crippen LogP contribution in [0.5, 0.6) is 5.75 Å². The second-order valence-corrected chi connectivity index (χ2v) is 9.35. The van der Waals surface area contributed by atoms with Crippen LogP contribution in [0.3, 0.4) is 0 Å². The molecule has 1 atom stereocenters. The minimum atomic E-state index is -4.86. The Hall–Kier alpha value is -4.07. The number of fused-ring (bicyclic) bond motifs is 2. The van der Waals surface area contributed by atoms with E-state index in [-0.39, 0.29) is 11.6 Å². The summed E-state index contributed by atoms with van der Waals surface area (Å²) in [5.74, 6) is -0.797. The third-order valence-corrected chi connectivity index (χ3v) is 7.23. The molecule has 0 fully saturated rings. The summed E-state index contributed by atoms with van der Waals surface area (Å²) in [6.45, 7) is 0.368. The number of halogens is 3. The van der Waals surface area contributed by atoms with Crippen molar-refractivity contribution in [3.63, 3.8) is 0 Å². The Morgan fingerprint density at radius 3 is 2.67 bits per heavy atom. The molecule has 1 unspecified atom stereocenters. The number of thiophene rings is 1. The normalized spacial score (nSPS) is 15.2. The van der Waals surface area contributed by atoms with Crippen LogP contribution in [0.1, 0.15) is 38.0 Å². The van der Waals surface area contributed by atoms with Gasteiger partial charge >= 0.3 is 6.36 Å². The highest BCUT2D eigenvalue weighted by molar-refractivity contribution is 7.16. The third kappa shape index (κ3) is 4.46. The van der Waals surface area contributed by atoms with E-state index in [0.717, 1.165) is 27.3 Å². The van der Waals surface area contributed by atoms with Crippen LogP contribution in [-0.4, -0.2) is 12.3 Å². The van der Waals surface area contributed by atoms with Gasteiger partial charge in [0.05, 0.1) is 11.3 Å². The van der Waals surface area contributed by atoms with Crippen LogP contribution < -0.4 is 21.1 Å². The van der Waals surface area contributed by atoms with Crippen LogP contribution in [0, 0.1) is 11.3 Å². The topological polar surface area (TPSA) is 100 Å². The van der Waals surface area contributed by atoms with Crippen LogP contribution in [0.4, 0.5) is 23.9 Å². The minimum absolute atomic E-state index is 0.117. The summed E-state index contributed by atoms with van der Waals surface area (Å²) in [5, 5.41) is 18.2. The van der Waals surface area contributed by atoms with Gasteiger partial charge in [0.15, 0.2) is 5.75 Å². The number of nitriles is 1. The van der Waals surface area contributed by atoms with Crippen LogP contribution in [0.2, 0.25) is 0 Å². The predicted octanol–water partition coefficient (Wildman–Crippen LogP) is 5.89. The number of nitrogens with one attached hydrogen (secondary N) is 2. The first kappa shape index (κ1) is 23.7. The Bertz CT molecular complexity index is 1520. The summed E-state index contributed by atoms with van der Waals surface area (Å²) in [6.07, 6.45) is -4.54. The Labute approximate surface area is 208 Å². The van der Waals surface area contributed by atoms with Gasteiger partial charge in [-0.15, -0.1) is 24.5 Å². The van der Waals surface area contributed by atoms with Crippen molar-refractivity contribution in [2.24, 2.45) is 0 Å². The van der Waals surface area contributed by atoms with E-state index in [2.05, 4.69) is 21.4 Å². The number of anilines is 2. The number of para-hydroxylation sites is 1. The highest BCUT2D eigenvalue weighted by atomic mass is 32.1. The van der Waals surface area contributed by atoms with Gasteiger partial charge in [-0.1, -0.05) is 48.5 Å². The molecule has 1 amide bonds. The average molecular weight is 509 g/mol. The van der Waals surface area contributed by atoms with Crippen LogP contribution in [0.15, 0.2) is 60.7 Å². The van der Waals surface area contributed by atoms with Gasteiger partial charge in [0.25, 0.3) is 5.91 Å². The zero-order chi connectivity index (χ0) is 25.4. The quantitative estimate of drug-likeness (QED) is 0.298. The van der Waals surface area contributed by atoms with Crippen LogP contribution in [-0.2, 0) is 13.0 Å². The van der Waals surface area contributed by atoms with Crippen molar-refractivity contribution in [3.8, 4) is 11.8 Å². The fraction of sp³-hybridized carbons (Fsp3) is 0.154. The molecule has 10 heteroatoms. The number of amides is 1. The maximum Gasteiger partial charge on any atom is 0.573 e. The number of hydrogen-bond acceptors (Lipinski definition) is 6. The van der Waals surface area contributed by atoms with E-state index in [4.69, 9.17) is 5.73 Å². The lowest BCUT2D eigenvalue weighted by atomic mass is 9.92. The number of carbonyl (C=O) groups is 1. The van der Waals surface area contributed by atoms with Gasteiger partial charge in [-0.05, 0) is 40.5 Å². The van der Waals surface area contributed by atoms with Gasteiger partial charge < -0.3 is 21.1 Å². The minimum Gasteiger partial charge on any atom is -0.404 e. The lowest BCUT2D eigenvalue weighted by molar-refractivity contribution is -0.274. The Morgan fingerprint density at radius 1 is 1.14 bits per heavy atom. The number of benzene rings is 3. The number of carbonyl (C=O) groups excluding carboxylic acids is 1. The maximum absolute atomic E-state index is 13.1. The monoisotopic (exact) mass is 508 g/mol. The van der Waals surface area contributed by atoms with Gasteiger partial charge in [-0.3, -0.25) is 4.79 Å². The van der Waals surface area contributed by atoms with E-state index >= 15 is 0 Å². The van der Waals surface area contributed by atoms with Crippen molar-refractivity contribution >= 4 is 38.7 Å². The summed E-state index contributed by atoms with van der Waals surface area (Å²) in [6, 6.07) is 19.0. The van der Waals surface area contributed by atoms with Crippen molar-refractivity contribution < 1.29 is 22.7 Å². The molecule has 0 spiro atoms. The highest BCUT2D eigenvalue weighted by Gasteiger charge is 2.33. The number of alkyl halides is 3. The molecule has 4 aromatic rings. The number of nitrogens with zero attached hydrogens (tertiary/aromatic N) is 1. The number of hydrogen-bond donors (Lipinski definition) is 3. The van der Waals surface area contributed by atoms with Crippen LogP contribution in [0.25, 0.3) is 10.8 Å². The van der Waals surface area contributed by atoms with Crippen molar-refractivity contribution in [1.29, 1.82) is 5.26 Å². The molecule has 1 aliphatic heterocycles. The zero-order valence-electron chi connectivity index (χ0n) is 18.6. The SMILES string of the molecule is N#Cc1c(NC(=O)c2cccc3ccccc23)sc2c1CC(c1cccc(OC(F)(F)F)c1N)NC2. The predicted molar refractivity (Wildman–Crippen MR) is 132 cm³/mol. The molecular weight excluding hydrogens is 489 g/mol. The summed E-state index contributed by atoms with van der Waals surface area (Å²) in [4.78, 5) is 14.0. The lowest BCUT2D eigenvalue weighted by Gasteiger charge is -2.26. The van der Waals surface area contributed by atoms with Gasteiger partial charge in [-0.2, -0.15) is 5.26 Å². The fourth-order valence-electron chi connectivity index (χ4n) is 4.46. The lowest BCUT2D eigenvalue weighted by Crippen LogP contribution is -2.29. The van der Waals surface area contributed by atoms with E-state index in [9.17, 15) is 23.2 Å². The molecule has 0 radical (unpaired) electrons. The van der Waals surface area contributed by atoms with Gasteiger partial charge in [0.2, 0.25) is 0 Å². The standard InChI is InChI=1S/C26H19F3N4O2S/c27-26(28,29)35-21-10-4-9-17(23(21)31)20-11-18-19(12-30)25(36-22(18)13-32-20)33-24(34)16-8-3-6-14-5-1-2-7-15(14)16/h1-10,20,32H,11,13,31H2,(H,33,34). The third-order valence-electron chi connectivity index (χ3n) is 6.08. The number of rotatable bonds is 4. The molecular formula is C26H19F3N4O2S. The maximum atomic E-state index is 13.1. The largest absolute Gasteiger partial charge is 0.573 e. The Morgan fingerprint density at radius 2 is 1.89 bits per heavy atom. The van der Waals surface area contributed by atoms with Crippen molar-refractivity contribution in [2.45, 2.75) is 25.4 Å². The fourth-order valence-corrected chi connectivity index (χ4v) is 5.59. The van der Waals surface area contributed by atoms with Gasteiger partial charge in [-0.25, -0.2) is 0 Å². The average Bonchev–Trinajstić information content (AvgIpc) is 3.20. The first-order chi connectivity index (χ1) is 17.2. The molecule has 0 saturated heterocycles. The summed E-state index contributed by atoms with van der Waals surface area (Å²) in [5.41, 5.74) is 7.91. The second kappa shape index (κ2) is 9.18. The van der Waals surface area contributed by atoms with Gasteiger partial charge in [0, 0.05) is 23.0 Å². The van der Waals surface area contributed by atoms with Gasteiger partial charge in [0.1, 0.15) is 11.1 Å². The molecule has 3 aromatic carbocycles. The van der Waals surface area contributed by atoms with Crippen molar-refractivity contribution in [1.82, 2.24) is 5.32 Å². The molecule has 0 bridgehead atoms. The molecule has 1 aliphatic rings. The number of nitrogens with two attached hydrogens (primary N) is 1. The molecule has 5 rings (SSSR count). The summed E-state index contributed by atoms with van der Waals surface area (Å²) >= 11 is 1.31. The van der Waals surface area contributed by atoms with E-state index < -0.39 is 18.2 Å². The second-order valence-electron chi connectivity index (χ2n) is 8.25. The molecule has 182 valence electrons. The van der Waals surface area contributed by atoms with E-state index in [0.29, 0.717) is 34.7 Å². The van der Waals surface area contributed by atoms with E-state index in [1.54, 1.807) is 18.2 Å².